The van der Waals surface area contributed by atoms with E-state index in [1.807, 2.05) is 35.7 Å². The van der Waals surface area contributed by atoms with Gasteiger partial charge in [-0.15, -0.1) is 11.3 Å². The molecule has 0 atom stereocenters. The van der Waals surface area contributed by atoms with Crippen molar-refractivity contribution in [1.82, 2.24) is 4.98 Å². The molecule has 0 fully saturated rings. The average Bonchev–Trinajstić information content (AvgIpc) is 3.16. The van der Waals surface area contributed by atoms with E-state index in [1.54, 1.807) is 17.6 Å². The molecule has 1 aromatic carbocycles. The molecule has 2 aromatic heterocycles. The van der Waals surface area contributed by atoms with Crippen molar-refractivity contribution in [3.8, 4) is 27.8 Å². The van der Waals surface area contributed by atoms with E-state index in [9.17, 15) is 0 Å². The van der Waals surface area contributed by atoms with Crippen LogP contribution in [0, 0.1) is 0 Å². The van der Waals surface area contributed by atoms with Gasteiger partial charge in [0.05, 0.1) is 18.6 Å². The number of thiazole rings is 1. The van der Waals surface area contributed by atoms with E-state index >= 15 is 0 Å². The van der Waals surface area contributed by atoms with Crippen LogP contribution in [0.5, 0.6) is 5.75 Å². The van der Waals surface area contributed by atoms with Crippen LogP contribution >= 0.6 is 11.3 Å². The van der Waals surface area contributed by atoms with E-state index in [0.29, 0.717) is 12.3 Å². The molecule has 0 radical (unpaired) electrons. The minimum atomic E-state index is 0.635. The summed E-state index contributed by atoms with van der Waals surface area (Å²) >= 11 is 1.57. The summed E-state index contributed by atoms with van der Waals surface area (Å²) in [6.45, 7) is 2.74. The van der Waals surface area contributed by atoms with Crippen molar-refractivity contribution < 1.29 is 9.15 Å². The van der Waals surface area contributed by atoms with E-state index in [0.717, 1.165) is 34.2 Å². The Kier molecular flexibility index (Phi) is 3.92. The Labute approximate surface area is 127 Å². The first-order valence-corrected chi connectivity index (χ1v) is 7.68. The fourth-order valence-corrected chi connectivity index (χ4v) is 2.77. The summed E-state index contributed by atoms with van der Waals surface area (Å²) in [5.74, 6) is 1.50. The minimum Gasteiger partial charge on any atom is -0.491 e. The molecule has 5 heteroatoms. The number of nitrogens with two attached hydrogens (primary N) is 1. The summed E-state index contributed by atoms with van der Waals surface area (Å²) in [6.07, 6.45) is 2.60. The van der Waals surface area contributed by atoms with Crippen LogP contribution in [0.2, 0.25) is 0 Å². The Morgan fingerprint density at radius 3 is 2.95 bits per heavy atom. The van der Waals surface area contributed by atoms with Crippen LogP contribution in [-0.2, 0) is 0 Å². The molecule has 0 amide bonds. The van der Waals surface area contributed by atoms with Crippen LogP contribution in [0.3, 0.4) is 0 Å². The Bertz CT molecular complexity index is 720. The number of rotatable bonds is 5. The van der Waals surface area contributed by atoms with Crippen molar-refractivity contribution in [2.24, 2.45) is 0 Å². The van der Waals surface area contributed by atoms with Crippen LogP contribution < -0.4 is 10.5 Å². The number of anilines is 1. The lowest BCUT2D eigenvalue weighted by Gasteiger charge is -2.08. The van der Waals surface area contributed by atoms with Crippen LogP contribution in [0.25, 0.3) is 22.0 Å². The Morgan fingerprint density at radius 2 is 2.24 bits per heavy atom. The second-order valence-corrected chi connectivity index (χ2v) is 5.47. The van der Waals surface area contributed by atoms with Crippen molar-refractivity contribution in [2.75, 3.05) is 12.3 Å². The number of ether oxygens (including phenoxy) is 1. The molecule has 0 saturated heterocycles. The summed E-state index contributed by atoms with van der Waals surface area (Å²) in [7, 11) is 0. The lowest BCUT2D eigenvalue weighted by molar-refractivity contribution is 0.319. The maximum Gasteiger partial charge on any atom is 0.153 e. The van der Waals surface area contributed by atoms with E-state index in [4.69, 9.17) is 14.9 Å². The van der Waals surface area contributed by atoms with Crippen molar-refractivity contribution in [2.45, 2.75) is 13.3 Å². The molecule has 0 bridgehead atoms. The van der Waals surface area contributed by atoms with Gasteiger partial charge in [0.1, 0.15) is 16.5 Å². The Hall–Kier alpha value is -2.27. The zero-order chi connectivity index (χ0) is 14.7. The molecule has 3 rings (SSSR count). The number of aromatic nitrogens is 1. The molecule has 0 spiro atoms. The van der Waals surface area contributed by atoms with Gasteiger partial charge in [0.2, 0.25) is 0 Å². The van der Waals surface area contributed by atoms with Crippen LogP contribution in [0.4, 0.5) is 5.69 Å². The predicted molar refractivity (Wildman–Crippen MR) is 85.5 cm³/mol. The summed E-state index contributed by atoms with van der Waals surface area (Å²) in [4.78, 5) is 4.58. The molecular formula is C16H16N2O2S. The van der Waals surface area contributed by atoms with Crippen LogP contribution in [0.1, 0.15) is 13.3 Å². The zero-order valence-electron chi connectivity index (χ0n) is 11.7. The first-order chi connectivity index (χ1) is 10.3. The lowest BCUT2D eigenvalue weighted by Crippen LogP contribution is -1.99. The van der Waals surface area contributed by atoms with E-state index in [-0.39, 0.29) is 0 Å². The van der Waals surface area contributed by atoms with Crippen molar-refractivity contribution in [3.05, 3.63) is 42.0 Å². The zero-order valence-corrected chi connectivity index (χ0v) is 12.5. The first kappa shape index (κ1) is 13.7. The monoisotopic (exact) mass is 300 g/mol. The van der Waals surface area contributed by atoms with Gasteiger partial charge in [0.15, 0.2) is 5.76 Å². The van der Waals surface area contributed by atoms with E-state index in [2.05, 4.69) is 11.9 Å². The third-order valence-corrected chi connectivity index (χ3v) is 3.89. The number of hydrogen-bond acceptors (Lipinski definition) is 5. The molecule has 0 aliphatic heterocycles. The molecular weight excluding hydrogens is 284 g/mol. The number of nitrogen functional groups attached to an aromatic ring is 1. The maximum absolute atomic E-state index is 6.03. The summed E-state index contributed by atoms with van der Waals surface area (Å²) < 4.78 is 10.9. The summed E-state index contributed by atoms with van der Waals surface area (Å²) in [6, 6.07) is 9.53. The molecule has 0 aliphatic carbocycles. The number of furan rings is 1. The largest absolute Gasteiger partial charge is 0.491 e. The highest BCUT2D eigenvalue weighted by Crippen LogP contribution is 2.32. The molecule has 0 saturated carbocycles. The van der Waals surface area contributed by atoms with E-state index < -0.39 is 0 Å². The summed E-state index contributed by atoms with van der Waals surface area (Å²) in [5.41, 5.74) is 8.49. The number of nitrogens with zero attached hydrogens (tertiary/aromatic N) is 1. The van der Waals surface area contributed by atoms with Gasteiger partial charge in [0.25, 0.3) is 0 Å². The quantitative estimate of drug-likeness (QED) is 0.707. The number of hydrogen-bond donors (Lipinski definition) is 1. The smallest absolute Gasteiger partial charge is 0.153 e. The average molecular weight is 300 g/mol. The van der Waals surface area contributed by atoms with Gasteiger partial charge >= 0.3 is 0 Å². The Morgan fingerprint density at radius 1 is 1.33 bits per heavy atom. The van der Waals surface area contributed by atoms with E-state index in [1.165, 1.54) is 0 Å². The second-order valence-electron chi connectivity index (χ2n) is 4.62. The highest BCUT2D eigenvalue weighted by Gasteiger charge is 2.10. The van der Waals surface area contributed by atoms with Crippen molar-refractivity contribution in [1.29, 1.82) is 0 Å². The molecule has 21 heavy (non-hydrogen) atoms. The topological polar surface area (TPSA) is 61.3 Å². The standard InChI is InChI=1S/C16H16N2O2S/c1-2-7-19-14-6-5-11(9-12(14)17)16-18-13(10-21-16)15-4-3-8-20-15/h3-6,8-10H,2,7,17H2,1H3. The predicted octanol–water partition coefficient (Wildman–Crippen LogP) is 4.44. The van der Waals surface area contributed by atoms with Crippen molar-refractivity contribution >= 4 is 17.0 Å². The highest BCUT2D eigenvalue weighted by molar-refractivity contribution is 7.13. The molecule has 0 aliphatic rings. The second kappa shape index (κ2) is 6.01. The SMILES string of the molecule is CCCOc1ccc(-c2nc(-c3ccco3)cs2)cc1N. The molecule has 2 N–H and O–H groups in total. The van der Waals surface area contributed by atoms with Gasteiger partial charge in [0, 0.05) is 10.9 Å². The third kappa shape index (κ3) is 2.92. The van der Waals surface area contributed by atoms with Gasteiger partial charge in [-0.2, -0.15) is 0 Å². The third-order valence-electron chi connectivity index (χ3n) is 3.00. The maximum atomic E-state index is 6.03. The van der Waals surface area contributed by atoms with Crippen LogP contribution in [0.15, 0.2) is 46.4 Å². The van der Waals surface area contributed by atoms with Crippen molar-refractivity contribution in [3.63, 3.8) is 0 Å². The fourth-order valence-electron chi connectivity index (χ4n) is 1.97. The molecule has 4 nitrogen and oxygen atoms in total. The first-order valence-electron chi connectivity index (χ1n) is 6.80. The Balaban J connectivity index is 1.85. The molecule has 108 valence electrons. The number of benzene rings is 1. The molecule has 2 heterocycles. The summed E-state index contributed by atoms with van der Waals surface area (Å²) in [5, 5.41) is 2.89. The normalized spacial score (nSPS) is 10.7. The fraction of sp³-hybridized carbons (Fsp3) is 0.188. The van der Waals surface area contributed by atoms with Gasteiger partial charge in [-0.1, -0.05) is 6.92 Å². The van der Waals surface area contributed by atoms with Crippen LogP contribution in [-0.4, -0.2) is 11.6 Å². The van der Waals surface area contributed by atoms with Gasteiger partial charge < -0.3 is 14.9 Å². The lowest BCUT2D eigenvalue weighted by atomic mass is 10.2. The molecule has 0 unspecified atom stereocenters. The highest BCUT2D eigenvalue weighted by atomic mass is 32.1. The van der Waals surface area contributed by atoms with Gasteiger partial charge in [-0.05, 0) is 36.8 Å². The van der Waals surface area contributed by atoms with Gasteiger partial charge in [-0.25, -0.2) is 4.98 Å². The molecule has 3 aromatic rings. The minimum absolute atomic E-state index is 0.635. The van der Waals surface area contributed by atoms with Gasteiger partial charge in [-0.3, -0.25) is 0 Å².